The van der Waals surface area contributed by atoms with Crippen LogP contribution in [0.15, 0.2) is 60.7 Å². The molecule has 0 unspecified atom stereocenters. The minimum atomic E-state index is -0.478. The summed E-state index contributed by atoms with van der Waals surface area (Å²) in [5.41, 5.74) is 5.25. The van der Waals surface area contributed by atoms with Gasteiger partial charge < -0.3 is 14.2 Å². The van der Waals surface area contributed by atoms with Gasteiger partial charge in [-0.2, -0.15) is 0 Å². The molecule has 0 saturated heterocycles. The Hall–Kier alpha value is -3.34. The molecule has 4 rings (SSSR count). The number of esters is 1. The second kappa shape index (κ2) is 7.59. The number of hydrogen-bond donors (Lipinski definition) is 0. The molecule has 148 valence electrons. The summed E-state index contributed by atoms with van der Waals surface area (Å²) in [5, 5.41) is 0. The highest BCUT2D eigenvalue weighted by Crippen LogP contribution is 2.31. The van der Waals surface area contributed by atoms with Gasteiger partial charge in [-0.3, -0.25) is 4.79 Å². The van der Waals surface area contributed by atoms with Gasteiger partial charge in [0, 0.05) is 28.8 Å². The number of para-hydroxylation sites is 2. The van der Waals surface area contributed by atoms with Crippen molar-refractivity contribution in [2.75, 3.05) is 11.5 Å². The summed E-state index contributed by atoms with van der Waals surface area (Å²) in [5.74, 6) is -0.679. The van der Waals surface area contributed by atoms with E-state index in [1.165, 1.54) is 0 Å². The Bertz CT molecular complexity index is 1070. The highest BCUT2D eigenvalue weighted by molar-refractivity contribution is 5.99. The summed E-state index contributed by atoms with van der Waals surface area (Å²) in [7, 11) is 0. The van der Waals surface area contributed by atoms with Crippen LogP contribution in [0.25, 0.3) is 5.69 Å². The minimum Gasteiger partial charge on any atom is -0.452 e. The minimum absolute atomic E-state index is 0.0572. The van der Waals surface area contributed by atoms with Gasteiger partial charge in [-0.05, 0) is 57.0 Å². The average molecular weight is 388 g/mol. The number of rotatable bonds is 4. The van der Waals surface area contributed by atoms with E-state index in [0.29, 0.717) is 5.56 Å². The fraction of sp³-hybridized carbons (Fsp3) is 0.250. The third-order valence-corrected chi connectivity index (χ3v) is 5.47. The number of nitrogens with zero attached hydrogens (tertiary/aromatic N) is 2. The van der Waals surface area contributed by atoms with Crippen LogP contribution in [0.2, 0.25) is 0 Å². The van der Waals surface area contributed by atoms with Crippen LogP contribution in [0.3, 0.4) is 0 Å². The molecule has 0 aliphatic carbocycles. The van der Waals surface area contributed by atoms with Gasteiger partial charge >= 0.3 is 5.97 Å². The molecular formula is C24H24N2O3. The Labute approximate surface area is 170 Å². The lowest BCUT2D eigenvalue weighted by molar-refractivity contribution is -0.122. The molecule has 1 aliphatic heterocycles. The van der Waals surface area contributed by atoms with Crippen LogP contribution >= 0.6 is 0 Å². The Morgan fingerprint density at radius 3 is 2.48 bits per heavy atom. The summed E-state index contributed by atoms with van der Waals surface area (Å²) in [4.78, 5) is 27.2. The summed E-state index contributed by atoms with van der Waals surface area (Å²) >= 11 is 0. The maximum absolute atomic E-state index is 12.8. The molecule has 1 aromatic heterocycles. The number of aromatic nitrogens is 1. The third kappa shape index (κ3) is 3.44. The van der Waals surface area contributed by atoms with Gasteiger partial charge in [-0.1, -0.05) is 36.4 Å². The van der Waals surface area contributed by atoms with Gasteiger partial charge in [-0.15, -0.1) is 0 Å². The molecule has 5 nitrogen and oxygen atoms in total. The number of ether oxygens (including phenoxy) is 1. The predicted molar refractivity (Wildman–Crippen MR) is 113 cm³/mol. The van der Waals surface area contributed by atoms with Crippen LogP contribution < -0.4 is 4.90 Å². The van der Waals surface area contributed by atoms with Crippen LogP contribution in [0.1, 0.15) is 34.2 Å². The van der Waals surface area contributed by atoms with Crippen molar-refractivity contribution >= 4 is 17.6 Å². The van der Waals surface area contributed by atoms with Crippen LogP contribution in [0.5, 0.6) is 0 Å². The van der Waals surface area contributed by atoms with E-state index in [9.17, 15) is 9.59 Å². The maximum Gasteiger partial charge on any atom is 0.340 e. The molecular weight excluding hydrogens is 364 g/mol. The smallest absolute Gasteiger partial charge is 0.340 e. The van der Waals surface area contributed by atoms with Crippen molar-refractivity contribution in [3.8, 4) is 5.69 Å². The largest absolute Gasteiger partial charge is 0.452 e. The monoisotopic (exact) mass is 388 g/mol. The Kier molecular flexibility index (Phi) is 4.97. The number of amides is 1. The summed E-state index contributed by atoms with van der Waals surface area (Å²) < 4.78 is 7.42. The van der Waals surface area contributed by atoms with Crippen molar-refractivity contribution in [3.05, 3.63) is 83.2 Å². The van der Waals surface area contributed by atoms with Crippen molar-refractivity contribution in [3.63, 3.8) is 0 Å². The highest BCUT2D eigenvalue weighted by atomic mass is 16.5. The normalized spacial score (nSPS) is 15.3. The van der Waals surface area contributed by atoms with Crippen LogP contribution in [0.4, 0.5) is 5.69 Å². The summed E-state index contributed by atoms with van der Waals surface area (Å²) in [6.07, 6.45) is 0.814. The molecule has 1 atom stereocenters. The standard InChI is InChI=1S/C24H24N2O3/c1-16-13-19-9-7-8-12-22(19)26(16)23(27)15-29-24(28)21-14-17(2)25(18(21)3)20-10-5-4-6-11-20/h4-12,14,16H,13,15H2,1-3H3/t16-/m0/s1. The SMILES string of the molecule is Cc1cc(C(=O)OCC(=O)N2c3ccccc3C[C@@H]2C)c(C)n1-c1ccccc1. The van der Waals surface area contributed by atoms with E-state index in [4.69, 9.17) is 4.74 Å². The maximum atomic E-state index is 12.8. The number of hydrogen-bond acceptors (Lipinski definition) is 3. The first-order valence-corrected chi connectivity index (χ1v) is 9.79. The van der Waals surface area contributed by atoms with Gasteiger partial charge in [0.25, 0.3) is 5.91 Å². The number of carbonyl (C=O) groups is 2. The highest BCUT2D eigenvalue weighted by Gasteiger charge is 2.31. The Morgan fingerprint density at radius 2 is 1.72 bits per heavy atom. The van der Waals surface area contributed by atoms with E-state index in [-0.39, 0.29) is 18.6 Å². The van der Waals surface area contributed by atoms with Gasteiger partial charge in [-0.25, -0.2) is 4.79 Å². The number of fused-ring (bicyclic) bond motifs is 1. The molecule has 1 amide bonds. The fourth-order valence-corrected chi connectivity index (χ4v) is 4.16. The molecule has 3 aromatic rings. The third-order valence-electron chi connectivity index (χ3n) is 5.47. The van der Waals surface area contributed by atoms with Crippen molar-refractivity contribution in [2.24, 2.45) is 0 Å². The Morgan fingerprint density at radius 1 is 1.03 bits per heavy atom. The lowest BCUT2D eigenvalue weighted by atomic mass is 10.1. The second-order valence-corrected chi connectivity index (χ2v) is 7.48. The average Bonchev–Trinajstić information content (AvgIpc) is 3.21. The molecule has 2 heterocycles. The molecule has 0 fully saturated rings. The molecule has 0 bridgehead atoms. The van der Waals surface area contributed by atoms with E-state index in [0.717, 1.165) is 34.7 Å². The molecule has 2 aromatic carbocycles. The van der Waals surface area contributed by atoms with Crippen molar-refractivity contribution in [1.82, 2.24) is 4.57 Å². The lowest BCUT2D eigenvalue weighted by Gasteiger charge is -2.22. The molecule has 0 radical (unpaired) electrons. The van der Waals surface area contributed by atoms with Crippen LogP contribution in [-0.2, 0) is 16.0 Å². The van der Waals surface area contributed by atoms with E-state index in [2.05, 4.69) is 0 Å². The number of anilines is 1. The molecule has 1 aliphatic rings. The zero-order chi connectivity index (χ0) is 20.5. The molecule has 0 spiro atoms. The van der Waals surface area contributed by atoms with E-state index in [1.807, 2.05) is 86.0 Å². The lowest BCUT2D eigenvalue weighted by Crippen LogP contribution is -2.38. The van der Waals surface area contributed by atoms with Crippen molar-refractivity contribution in [2.45, 2.75) is 33.2 Å². The quantitative estimate of drug-likeness (QED) is 0.629. The van der Waals surface area contributed by atoms with Gasteiger partial charge in [0.1, 0.15) is 0 Å². The summed E-state index contributed by atoms with van der Waals surface area (Å²) in [6.45, 7) is 5.57. The van der Waals surface area contributed by atoms with Crippen LogP contribution in [-0.4, -0.2) is 29.1 Å². The molecule has 29 heavy (non-hydrogen) atoms. The van der Waals surface area contributed by atoms with Gasteiger partial charge in [0.2, 0.25) is 0 Å². The van der Waals surface area contributed by atoms with E-state index < -0.39 is 5.97 Å². The van der Waals surface area contributed by atoms with E-state index >= 15 is 0 Å². The number of aryl methyl sites for hydroxylation is 1. The zero-order valence-electron chi connectivity index (χ0n) is 16.9. The molecule has 5 heteroatoms. The first-order chi connectivity index (χ1) is 14.0. The predicted octanol–water partition coefficient (Wildman–Crippen LogP) is 4.23. The topological polar surface area (TPSA) is 51.5 Å². The van der Waals surface area contributed by atoms with Gasteiger partial charge in [0.05, 0.1) is 5.56 Å². The van der Waals surface area contributed by atoms with Gasteiger partial charge in [0.15, 0.2) is 6.61 Å². The molecule has 0 saturated carbocycles. The van der Waals surface area contributed by atoms with E-state index in [1.54, 1.807) is 4.90 Å². The first-order valence-electron chi connectivity index (χ1n) is 9.79. The number of carbonyl (C=O) groups excluding carboxylic acids is 2. The zero-order valence-corrected chi connectivity index (χ0v) is 16.9. The second-order valence-electron chi connectivity index (χ2n) is 7.48. The fourth-order valence-electron chi connectivity index (χ4n) is 4.16. The first kappa shape index (κ1) is 19.0. The summed E-state index contributed by atoms with van der Waals surface area (Å²) in [6, 6.07) is 19.6. The molecule has 0 N–H and O–H groups in total. The van der Waals surface area contributed by atoms with Crippen molar-refractivity contribution < 1.29 is 14.3 Å². The Balaban J connectivity index is 1.49. The number of benzene rings is 2. The van der Waals surface area contributed by atoms with Crippen molar-refractivity contribution in [1.29, 1.82) is 0 Å². The van der Waals surface area contributed by atoms with Crippen LogP contribution in [0, 0.1) is 13.8 Å².